The Kier molecular flexibility index (Phi) is 5.57. The molecular formula is C12H16BrIO. The van der Waals surface area contributed by atoms with Crippen molar-refractivity contribution in [3.05, 3.63) is 31.8 Å². The van der Waals surface area contributed by atoms with Gasteiger partial charge < -0.3 is 5.11 Å². The third-order valence-corrected chi connectivity index (χ3v) is 4.25. The van der Waals surface area contributed by atoms with E-state index in [0.717, 1.165) is 26.4 Å². The van der Waals surface area contributed by atoms with Gasteiger partial charge in [0.15, 0.2) is 0 Å². The van der Waals surface area contributed by atoms with E-state index in [1.54, 1.807) is 0 Å². The van der Waals surface area contributed by atoms with Gasteiger partial charge in [-0.05, 0) is 52.3 Å². The van der Waals surface area contributed by atoms with Crippen LogP contribution in [0.15, 0.2) is 22.7 Å². The molecule has 0 fully saturated rings. The van der Waals surface area contributed by atoms with E-state index in [-0.39, 0.29) is 6.10 Å². The second-order valence-electron chi connectivity index (χ2n) is 3.69. The first-order valence-corrected chi connectivity index (χ1v) is 7.10. The summed E-state index contributed by atoms with van der Waals surface area (Å²) >= 11 is 5.72. The monoisotopic (exact) mass is 382 g/mol. The van der Waals surface area contributed by atoms with Crippen molar-refractivity contribution in [3.63, 3.8) is 0 Å². The van der Waals surface area contributed by atoms with Gasteiger partial charge in [0.2, 0.25) is 0 Å². The van der Waals surface area contributed by atoms with Crippen molar-refractivity contribution in [1.82, 2.24) is 0 Å². The van der Waals surface area contributed by atoms with Crippen LogP contribution < -0.4 is 0 Å². The van der Waals surface area contributed by atoms with Crippen LogP contribution >= 0.6 is 38.5 Å². The first-order valence-electron chi connectivity index (χ1n) is 5.23. The second kappa shape index (κ2) is 6.21. The predicted molar refractivity (Wildman–Crippen MR) is 75.9 cm³/mol. The van der Waals surface area contributed by atoms with Crippen LogP contribution in [-0.4, -0.2) is 5.11 Å². The summed E-state index contributed by atoms with van der Waals surface area (Å²) < 4.78 is 2.16. The Hall–Kier alpha value is 0.390. The molecule has 1 aromatic carbocycles. The molecule has 1 N–H and O–H groups in total. The van der Waals surface area contributed by atoms with Gasteiger partial charge in [0, 0.05) is 8.04 Å². The largest absolute Gasteiger partial charge is 0.388 e. The van der Waals surface area contributed by atoms with Gasteiger partial charge in [-0.25, -0.2) is 0 Å². The minimum Gasteiger partial charge on any atom is -0.388 e. The van der Waals surface area contributed by atoms with Crippen molar-refractivity contribution < 1.29 is 5.11 Å². The molecular weight excluding hydrogens is 367 g/mol. The van der Waals surface area contributed by atoms with Crippen molar-refractivity contribution in [2.75, 3.05) is 0 Å². The van der Waals surface area contributed by atoms with Crippen LogP contribution in [0.1, 0.15) is 38.4 Å². The normalized spacial score (nSPS) is 13.2. The topological polar surface area (TPSA) is 20.2 Å². The number of rotatable bonds is 4. The molecule has 0 bridgehead atoms. The molecule has 0 aromatic heterocycles. The van der Waals surface area contributed by atoms with Gasteiger partial charge in [0.05, 0.1) is 6.10 Å². The van der Waals surface area contributed by atoms with Gasteiger partial charge in [0.1, 0.15) is 0 Å². The van der Waals surface area contributed by atoms with Crippen LogP contribution in [0.25, 0.3) is 0 Å². The van der Waals surface area contributed by atoms with E-state index in [2.05, 4.69) is 52.4 Å². The number of hydrogen-bond acceptors (Lipinski definition) is 1. The van der Waals surface area contributed by atoms with Crippen molar-refractivity contribution in [2.24, 2.45) is 5.92 Å². The van der Waals surface area contributed by atoms with Crippen LogP contribution in [0.3, 0.4) is 0 Å². The highest BCUT2D eigenvalue weighted by Crippen LogP contribution is 2.31. The van der Waals surface area contributed by atoms with E-state index in [9.17, 15) is 5.11 Å². The second-order valence-corrected chi connectivity index (χ2v) is 5.77. The Labute approximate surface area is 114 Å². The first kappa shape index (κ1) is 13.5. The lowest BCUT2D eigenvalue weighted by atomic mass is 9.91. The zero-order valence-electron chi connectivity index (χ0n) is 9.00. The molecule has 0 amide bonds. The van der Waals surface area contributed by atoms with Gasteiger partial charge in [-0.3, -0.25) is 0 Å². The fourth-order valence-electron chi connectivity index (χ4n) is 1.73. The summed E-state index contributed by atoms with van der Waals surface area (Å²) in [5.41, 5.74) is 1.04. The van der Waals surface area contributed by atoms with Crippen LogP contribution in [0, 0.1) is 9.49 Å². The van der Waals surface area contributed by atoms with Crippen LogP contribution in [0.2, 0.25) is 0 Å². The van der Waals surface area contributed by atoms with Crippen molar-refractivity contribution in [1.29, 1.82) is 0 Å². The van der Waals surface area contributed by atoms with Crippen LogP contribution in [0.5, 0.6) is 0 Å². The van der Waals surface area contributed by atoms with Gasteiger partial charge in [-0.1, -0.05) is 42.6 Å². The quantitative estimate of drug-likeness (QED) is 0.759. The van der Waals surface area contributed by atoms with E-state index in [1.165, 1.54) is 0 Å². The highest BCUT2D eigenvalue weighted by atomic mass is 127. The minimum atomic E-state index is -0.343. The highest BCUT2D eigenvalue weighted by Gasteiger charge is 2.19. The van der Waals surface area contributed by atoms with Crippen LogP contribution in [-0.2, 0) is 0 Å². The minimum absolute atomic E-state index is 0.343. The molecule has 1 nitrogen and oxygen atoms in total. The Morgan fingerprint density at radius 3 is 2.47 bits per heavy atom. The molecule has 0 saturated carbocycles. The third kappa shape index (κ3) is 3.43. The molecule has 1 aromatic rings. The maximum Gasteiger partial charge on any atom is 0.0828 e. The Balaban J connectivity index is 2.98. The average Bonchev–Trinajstić information content (AvgIpc) is 2.23. The molecule has 0 aliphatic rings. The summed E-state index contributed by atoms with van der Waals surface area (Å²) in [5, 5.41) is 10.3. The summed E-state index contributed by atoms with van der Waals surface area (Å²) in [4.78, 5) is 0. The smallest absolute Gasteiger partial charge is 0.0828 e. The van der Waals surface area contributed by atoms with Gasteiger partial charge in [-0.15, -0.1) is 0 Å². The summed E-state index contributed by atoms with van der Waals surface area (Å²) in [6, 6.07) is 6.06. The average molecular weight is 383 g/mol. The zero-order valence-corrected chi connectivity index (χ0v) is 12.7. The first-order chi connectivity index (χ1) is 7.10. The van der Waals surface area contributed by atoms with Gasteiger partial charge in [0.25, 0.3) is 0 Å². The number of hydrogen-bond donors (Lipinski definition) is 1. The number of aliphatic hydroxyl groups is 1. The molecule has 0 spiro atoms. The highest BCUT2D eigenvalue weighted by molar-refractivity contribution is 14.1. The third-order valence-electron chi connectivity index (χ3n) is 2.77. The van der Waals surface area contributed by atoms with Crippen molar-refractivity contribution >= 4 is 38.5 Å². The molecule has 0 aliphatic heterocycles. The molecule has 0 heterocycles. The molecule has 1 rings (SSSR count). The van der Waals surface area contributed by atoms with Crippen molar-refractivity contribution in [3.8, 4) is 0 Å². The standard InChI is InChI=1S/C12H16BrIO/c1-3-8(4-2)12(15)10-7-9(13)5-6-11(10)14/h5-8,12,15H,3-4H2,1-2H3. The fraction of sp³-hybridized carbons (Fsp3) is 0.500. The zero-order chi connectivity index (χ0) is 11.4. The van der Waals surface area contributed by atoms with E-state index in [4.69, 9.17) is 0 Å². The van der Waals surface area contributed by atoms with E-state index in [0.29, 0.717) is 5.92 Å². The Morgan fingerprint density at radius 1 is 1.33 bits per heavy atom. The molecule has 84 valence electrons. The molecule has 15 heavy (non-hydrogen) atoms. The summed E-state index contributed by atoms with van der Waals surface area (Å²) in [5.74, 6) is 0.354. The lowest BCUT2D eigenvalue weighted by molar-refractivity contribution is 0.102. The van der Waals surface area contributed by atoms with Crippen LogP contribution in [0.4, 0.5) is 0 Å². The number of benzene rings is 1. The van der Waals surface area contributed by atoms with Gasteiger partial charge >= 0.3 is 0 Å². The molecule has 1 unspecified atom stereocenters. The predicted octanol–water partition coefficient (Wildman–Crippen LogP) is 4.52. The van der Waals surface area contributed by atoms with E-state index in [1.807, 2.05) is 18.2 Å². The number of aliphatic hydroxyl groups excluding tert-OH is 1. The molecule has 0 aliphatic carbocycles. The van der Waals surface area contributed by atoms with E-state index < -0.39 is 0 Å². The maximum absolute atomic E-state index is 10.3. The fourth-order valence-corrected chi connectivity index (χ4v) is 2.76. The lowest BCUT2D eigenvalue weighted by Crippen LogP contribution is -2.12. The summed E-state index contributed by atoms with van der Waals surface area (Å²) in [7, 11) is 0. The number of halogens is 2. The van der Waals surface area contributed by atoms with E-state index >= 15 is 0 Å². The molecule has 0 radical (unpaired) electrons. The SMILES string of the molecule is CCC(CC)C(O)c1cc(Br)ccc1I. The maximum atomic E-state index is 10.3. The molecule has 0 saturated heterocycles. The van der Waals surface area contributed by atoms with Crippen molar-refractivity contribution in [2.45, 2.75) is 32.8 Å². The Bertz CT molecular complexity index is 323. The summed E-state index contributed by atoms with van der Waals surface area (Å²) in [6.07, 6.45) is 1.69. The Morgan fingerprint density at radius 2 is 1.93 bits per heavy atom. The summed E-state index contributed by atoms with van der Waals surface area (Å²) in [6.45, 7) is 4.25. The van der Waals surface area contributed by atoms with Gasteiger partial charge in [-0.2, -0.15) is 0 Å². The lowest BCUT2D eigenvalue weighted by Gasteiger charge is -2.21. The molecule has 1 atom stereocenters. The molecule has 3 heteroatoms.